The van der Waals surface area contributed by atoms with Crippen LogP contribution in [-0.4, -0.2) is 43.9 Å². The molecule has 1 fully saturated rings. The first-order chi connectivity index (χ1) is 10.3. The fraction of sp³-hybridized carbons (Fsp3) is 0.625. The van der Waals surface area contributed by atoms with Crippen molar-refractivity contribution in [1.29, 1.82) is 0 Å². The standard InChI is InChI=1S/C16H24N2O3/c1-2-19-13-3-5-18(6-4-13)11-12-9-15-16(10-14(12)17)21-8-7-20-15/h9-10,13H,2-8,11,17H2,1H3. The molecule has 1 saturated heterocycles. The van der Waals surface area contributed by atoms with Crippen molar-refractivity contribution in [2.45, 2.75) is 32.4 Å². The second kappa shape index (κ2) is 6.54. The number of hydrogen-bond donors (Lipinski definition) is 1. The molecule has 21 heavy (non-hydrogen) atoms. The zero-order chi connectivity index (χ0) is 14.7. The molecule has 2 N–H and O–H groups in total. The number of rotatable bonds is 4. The van der Waals surface area contributed by atoms with Gasteiger partial charge >= 0.3 is 0 Å². The number of anilines is 1. The minimum atomic E-state index is 0.420. The van der Waals surface area contributed by atoms with Gasteiger partial charge in [-0.15, -0.1) is 0 Å². The Labute approximate surface area is 126 Å². The van der Waals surface area contributed by atoms with Crippen molar-refractivity contribution < 1.29 is 14.2 Å². The van der Waals surface area contributed by atoms with Crippen LogP contribution in [0.4, 0.5) is 5.69 Å². The molecule has 0 aromatic heterocycles. The molecule has 0 aliphatic carbocycles. The summed E-state index contributed by atoms with van der Waals surface area (Å²) in [7, 11) is 0. The lowest BCUT2D eigenvalue weighted by molar-refractivity contribution is 0.0125. The molecule has 3 rings (SSSR count). The third-order valence-electron chi connectivity index (χ3n) is 4.13. The first-order valence-electron chi connectivity index (χ1n) is 7.78. The zero-order valence-electron chi connectivity index (χ0n) is 12.6. The summed E-state index contributed by atoms with van der Waals surface area (Å²) in [4.78, 5) is 2.43. The van der Waals surface area contributed by atoms with Gasteiger partial charge in [-0.05, 0) is 31.4 Å². The Hall–Kier alpha value is -1.46. The van der Waals surface area contributed by atoms with Crippen molar-refractivity contribution in [3.05, 3.63) is 17.7 Å². The molecule has 2 aliphatic rings. The first-order valence-corrected chi connectivity index (χ1v) is 7.78. The first kappa shape index (κ1) is 14.5. The summed E-state index contributed by atoms with van der Waals surface area (Å²) < 4.78 is 16.9. The van der Waals surface area contributed by atoms with E-state index < -0.39 is 0 Å². The molecule has 0 saturated carbocycles. The lowest BCUT2D eigenvalue weighted by Gasteiger charge is -2.32. The van der Waals surface area contributed by atoms with Gasteiger partial charge in [-0.1, -0.05) is 0 Å². The second-order valence-corrected chi connectivity index (χ2v) is 5.63. The maximum absolute atomic E-state index is 6.15. The molecule has 0 unspecified atom stereocenters. The SMILES string of the molecule is CCOC1CCN(Cc2cc3c(cc2N)OCCO3)CC1. The van der Waals surface area contributed by atoms with Crippen molar-refractivity contribution in [2.75, 3.05) is 38.6 Å². The number of ether oxygens (including phenoxy) is 3. The molecular formula is C16H24N2O3. The van der Waals surface area contributed by atoms with Crippen molar-refractivity contribution in [3.63, 3.8) is 0 Å². The van der Waals surface area contributed by atoms with Crippen LogP contribution in [0.1, 0.15) is 25.3 Å². The van der Waals surface area contributed by atoms with Crippen molar-refractivity contribution in [3.8, 4) is 11.5 Å². The molecule has 0 amide bonds. The van der Waals surface area contributed by atoms with Gasteiger partial charge in [0, 0.05) is 38.0 Å². The van der Waals surface area contributed by atoms with Gasteiger partial charge in [0.1, 0.15) is 13.2 Å². The normalized spacial score (nSPS) is 19.7. The van der Waals surface area contributed by atoms with Gasteiger partial charge in [0.25, 0.3) is 0 Å². The lowest BCUT2D eigenvalue weighted by Crippen LogP contribution is -2.36. The van der Waals surface area contributed by atoms with Crippen LogP contribution in [0.2, 0.25) is 0 Å². The van der Waals surface area contributed by atoms with E-state index >= 15 is 0 Å². The minimum Gasteiger partial charge on any atom is -0.486 e. The number of piperidine rings is 1. The highest BCUT2D eigenvalue weighted by atomic mass is 16.6. The highest BCUT2D eigenvalue weighted by Crippen LogP contribution is 2.35. The van der Waals surface area contributed by atoms with E-state index in [9.17, 15) is 0 Å². The predicted molar refractivity (Wildman–Crippen MR) is 81.8 cm³/mol. The number of nitrogens with two attached hydrogens (primary N) is 1. The number of fused-ring (bicyclic) bond motifs is 1. The average molecular weight is 292 g/mol. The molecule has 1 aromatic carbocycles. The van der Waals surface area contributed by atoms with Gasteiger partial charge in [0.2, 0.25) is 0 Å². The van der Waals surface area contributed by atoms with Crippen LogP contribution in [0.3, 0.4) is 0 Å². The van der Waals surface area contributed by atoms with E-state index in [1.807, 2.05) is 12.1 Å². The molecule has 5 heteroatoms. The van der Waals surface area contributed by atoms with Crippen LogP contribution in [0.25, 0.3) is 0 Å². The molecule has 2 heterocycles. The van der Waals surface area contributed by atoms with Gasteiger partial charge in [-0.25, -0.2) is 0 Å². The summed E-state index contributed by atoms with van der Waals surface area (Å²) in [6, 6.07) is 3.91. The molecule has 5 nitrogen and oxygen atoms in total. The fourth-order valence-corrected chi connectivity index (χ4v) is 2.99. The Bertz CT molecular complexity index is 485. The van der Waals surface area contributed by atoms with Gasteiger partial charge in [0.15, 0.2) is 11.5 Å². The summed E-state index contributed by atoms with van der Waals surface area (Å²) in [5.74, 6) is 1.58. The van der Waals surface area contributed by atoms with E-state index in [-0.39, 0.29) is 0 Å². The molecule has 0 bridgehead atoms. The van der Waals surface area contributed by atoms with E-state index in [1.165, 1.54) is 0 Å². The molecule has 2 aliphatic heterocycles. The Balaban J connectivity index is 1.63. The van der Waals surface area contributed by atoms with Crippen molar-refractivity contribution >= 4 is 5.69 Å². The number of benzene rings is 1. The number of hydrogen-bond acceptors (Lipinski definition) is 5. The average Bonchev–Trinajstić information content (AvgIpc) is 2.50. The number of nitrogens with zero attached hydrogens (tertiary/aromatic N) is 1. The summed E-state index contributed by atoms with van der Waals surface area (Å²) in [6.45, 7) is 7.04. The monoisotopic (exact) mass is 292 g/mol. The van der Waals surface area contributed by atoms with E-state index in [0.29, 0.717) is 19.3 Å². The summed E-state index contributed by atoms with van der Waals surface area (Å²) >= 11 is 0. The number of likely N-dealkylation sites (tertiary alicyclic amines) is 1. The van der Waals surface area contributed by atoms with E-state index in [2.05, 4.69) is 11.8 Å². The Kier molecular flexibility index (Phi) is 4.51. The number of nitrogen functional groups attached to an aromatic ring is 1. The van der Waals surface area contributed by atoms with Crippen LogP contribution >= 0.6 is 0 Å². The third-order valence-corrected chi connectivity index (χ3v) is 4.13. The highest BCUT2D eigenvalue weighted by Gasteiger charge is 2.21. The quantitative estimate of drug-likeness (QED) is 0.861. The summed E-state index contributed by atoms with van der Waals surface area (Å²) in [5, 5.41) is 0. The largest absolute Gasteiger partial charge is 0.486 e. The van der Waals surface area contributed by atoms with E-state index in [1.54, 1.807) is 0 Å². The van der Waals surface area contributed by atoms with Gasteiger partial charge in [-0.2, -0.15) is 0 Å². The summed E-state index contributed by atoms with van der Waals surface area (Å²) in [5.41, 5.74) is 8.05. The second-order valence-electron chi connectivity index (χ2n) is 5.63. The zero-order valence-corrected chi connectivity index (χ0v) is 12.6. The molecule has 0 spiro atoms. The lowest BCUT2D eigenvalue weighted by atomic mass is 10.1. The minimum absolute atomic E-state index is 0.420. The van der Waals surface area contributed by atoms with Crippen LogP contribution < -0.4 is 15.2 Å². The molecule has 1 aromatic rings. The summed E-state index contributed by atoms with van der Waals surface area (Å²) in [6.07, 6.45) is 2.61. The van der Waals surface area contributed by atoms with Crippen molar-refractivity contribution in [2.24, 2.45) is 0 Å². The van der Waals surface area contributed by atoms with Crippen LogP contribution in [-0.2, 0) is 11.3 Å². The Morgan fingerprint density at radius 3 is 2.52 bits per heavy atom. The highest BCUT2D eigenvalue weighted by molar-refractivity contribution is 5.58. The van der Waals surface area contributed by atoms with Gasteiger partial charge in [-0.3, -0.25) is 4.90 Å². The maximum Gasteiger partial charge on any atom is 0.163 e. The molecule has 0 atom stereocenters. The third kappa shape index (κ3) is 3.41. The van der Waals surface area contributed by atoms with Crippen LogP contribution in [0.5, 0.6) is 11.5 Å². The van der Waals surface area contributed by atoms with Gasteiger partial charge < -0.3 is 19.9 Å². The molecular weight excluding hydrogens is 268 g/mol. The van der Waals surface area contributed by atoms with Crippen LogP contribution in [0, 0.1) is 0 Å². The maximum atomic E-state index is 6.15. The molecule has 116 valence electrons. The predicted octanol–water partition coefficient (Wildman–Crippen LogP) is 2.04. The molecule has 0 radical (unpaired) electrons. The smallest absolute Gasteiger partial charge is 0.163 e. The van der Waals surface area contributed by atoms with E-state index in [0.717, 1.165) is 61.8 Å². The Morgan fingerprint density at radius 1 is 1.19 bits per heavy atom. The fourth-order valence-electron chi connectivity index (χ4n) is 2.99. The van der Waals surface area contributed by atoms with Crippen LogP contribution in [0.15, 0.2) is 12.1 Å². The topological polar surface area (TPSA) is 57.0 Å². The van der Waals surface area contributed by atoms with Crippen molar-refractivity contribution in [1.82, 2.24) is 4.90 Å². The Morgan fingerprint density at radius 2 is 1.86 bits per heavy atom. The van der Waals surface area contributed by atoms with Gasteiger partial charge in [0.05, 0.1) is 6.10 Å². The van der Waals surface area contributed by atoms with E-state index in [4.69, 9.17) is 19.9 Å².